The lowest BCUT2D eigenvalue weighted by Crippen LogP contribution is -2.23. The highest BCUT2D eigenvalue weighted by molar-refractivity contribution is 6.53. The average molecular weight is 391 g/mol. The minimum absolute atomic E-state index is 0.754. The van der Waals surface area contributed by atoms with Crippen molar-refractivity contribution in [2.24, 2.45) is 29.6 Å². The maximum Gasteiger partial charge on any atom is 0.151 e. The van der Waals surface area contributed by atoms with E-state index in [-0.39, 0.29) is 0 Å². The first-order chi connectivity index (χ1) is 14.0. The van der Waals surface area contributed by atoms with Crippen molar-refractivity contribution in [3.05, 3.63) is 42.0 Å². The van der Waals surface area contributed by atoms with E-state index < -0.39 is 0 Å². The van der Waals surface area contributed by atoms with Gasteiger partial charge in [0, 0.05) is 0 Å². The van der Waals surface area contributed by atoms with Gasteiger partial charge < -0.3 is 0 Å². The summed E-state index contributed by atoms with van der Waals surface area (Å²) in [7, 11) is 2.49. The van der Waals surface area contributed by atoms with Gasteiger partial charge >= 0.3 is 0 Å². The fourth-order valence-electron chi connectivity index (χ4n) is 5.92. The van der Waals surface area contributed by atoms with Crippen LogP contribution in [-0.4, -0.2) is 7.28 Å². The quantitative estimate of drug-likeness (QED) is 0.317. The van der Waals surface area contributed by atoms with Crippen LogP contribution < -0.4 is 5.46 Å². The zero-order valence-electron chi connectivity index (χ0n) is 19.6. The van der Waals surface area contributed by atoms with Crippen molar-refractivity contribution < 1.29 is 0 Å². The van der Waals surface area contributed by atoms with E-state index in [2.05, 4.69) is 65.8 Å². The smallest absolute Gasteiger partial charge is 0.103 e. The van der Waals surface area contributed by atoms with E-state index in [1.807, 2.05) is 0 Å². The number of hydrogen-bond donors (Lipinski definition) is 0. The van der Waals surface area contributed by atoms with Crippen LogP contribution in [0.5, 0.6) is 0 Å². The first-order valence-electron chi connectivity index (χ1n) is 12.6. The highest BCUT2D eigenvalue weighted by Crippen LogP contribution is 2.48. The van der Waals surface area contributed by atoms with Gasteiger partial charge in [0.25, 0.3) is 0 Å². The lowest BCUT2D eigenvalue weighted by atomic mass is 9.61. The van der Waals surface area contributed by atoms with E-state index in [0.717, 1.165) is 35.5 Å². The molecule has 2 aliphatic rings. The summed E-state index contributed by atoms with van der Waals surface area (Å²) < 4.78 is 0. The Bertz CT molecular complexity index is 646. The van der Waals surface area contributed by atoms with E-state index in [4.69, 9.17) is 0 Å². The van der Waals surface area contributed by atoms with Crippen LogP contribution in [0, 0.1) is 29.6 Å². The zero-order chi connectivity index (χ0) is 20.8. The molecule has 5 unspecified atom stereocenters. The van der Waals surface area contributed by atoms with Crippen molar-refractivity contribution >= 4 is 12.7 Å². The molecule has 0 N–H and O–H groups in total. The monoisotopic (exact) mass is 391 g/mol. The summed E-state index contributed by atoms with van der Waals surface area (Å²) in [6.45, 7) is 13.6. The van der Waals surface area contributed by atoms with Gasteiger partial charge in [-0.05, 0) is 72.3 Å². The van der Waals surface area contributed by atoms with Crippen LogP contribution in [0.25, 0.3) is 0 Å². The van der Waals surface area contributed by atoms with Gasteiger partial charge in [0.05, 0.1) is 0 Å². The Morgan fingerprint density at radius 2 is 1.90 bits per heavy atom. The number of hydrogen-bond acceptors (Lipinski definition) is 0. The van der Waals surface area contributed by atoms with Crippen LogP contribution in [0.1, 0.15) is 96.1 Å². The molecular weight excluding hydrogens is 347 g/mol. The standard InChI is InChI=1S/C28H44B/c1-6-10-25-17-24-15-16-26(29-19-21(5)20(3)4)18-27(24)28(25)23-12-9-8-11-22(7-2)13-14-23/h6,15-16,18,20-23,25,28H,1,7-14,17,19H2,2-5H3. The molecule has 1 saturated carbocycles. The summed E-state index contributed by atoms with van der Waals surface area (Å²) in [5.74, 6) is 4.89. The van der Waals surface area contributed by atoms with Crippen LogP contribution in [-0.2, 0) is 6.42 Å². The molecule has 1 heteroatoms. The van der Waals surface area contributed by atoms with Crippen LogP contribution in [0.4, 0.5) is 0 Å². The number of rotatable bonds is 8. The molecule has 0 aliphatic heterocycles. The van der Waals surface area contributed by atoms with Crippen molar-refractivity contribution in [1.29, 1.82) is 0 Å². The summed E-state index contributed by atoms with van der Waals surface area (Å²) in [6.07, 6.45) is 15.9. The van der Waals surface area contributed by atoms with Gasteiger partial charge in [0.2, 0.25) is 0 Å². The summed E-state index contributed by atoms with van der Waals surface area (Å²) in [5, 5.41) is 0. The summed E-state index contributed by atoms with van der Waals surface area (Å²) in [4.78, 5) is 0. The van der Waals surface area contributed by atoms with Gasteiger partial charge in [-0.1, -0.05) is 95.9 Å². The molecule has 1 aromatic carbocycles. The molecule has 0 aromatic heterocycles. The van der Waals surface area contributed by atoms with Crippen LogP contribution in [0.2, 0.25) is 6.32 Å². The van der Waals surface area contributed by atoms with Gasteiger partial charge in [-0.15, -0.1) is 6.58 Å². The fourth-order valence-corrected chi connectivity index (χ4v) is 5.92. The van der Waals surface area contributed by atoms with Crippen LogP contribution >= 0.6 is 0 Å². The Balaban J connectivity index is 1.79. The van der Waals surface area contributed by atoms with Crippen LogP contribution in [0.3, 0.4) is 0 Å². The highest BCUT2D eigenvalue weighted by atomic mass is 14.4. The van der Waals surface area contributed by atoms with Gasteiger partial charge in [0.1, 0.15) is 0 Å². The molecule has 1 aromatic rings. The van der Waals surface area contributed by atoms with Crippen molar-refractivity contribution in [2.45, 2.75) is 97.7 Å². The predicted molar refractivity (Wildman–Crippen MR) is 130 cm³/mol. The maximum atomic E-state index is 4.10. The van der Waals surface area contributed by atoms with Crippen molar-refractivity contribution in [3.8, 4) is 0 Å². The summed E-state index contributed by atoms with van der Waals surface area (Å²) >= 11 is 0. The Morgan fingerprint density at radius 3 is 2.62 bits per heavy atom. The first kappa shape index (κ1) is 22.7. The topological polar surface area (TPSA) is 0 Å². The SMILES string of the molecule is C=CCC1Cc2ccc([B]CC(C)C(C)C)cc2C1C1CCCCC(CC)CC1. The lowest BCUT2D eigenvalue weighted by molar-refractivity contribution is 0.241. The molecule has 0 bridgehead atoms. The Hall–Kier alpha value is -0.975. The van der Waals surface area contributed by atoms with Crippen LogP contribution in [0.15, 0.2) is 30.9 Å². The number of benzene rings is 1. The maximum absolute atomic E-state index is 4.10. The lowest BCUT2D eigenvalue weighted by Gasteiger charge is -2.32. The fraction of sp³-hybridized carbons (Fsp3) is 0.714. The molecule has 0 heterocycles. The van der Waals surface area contributed by atoms with Crippen molar-refractivity contribution in [2.75, 3.05) is 0 Å². The third-order valence-corrected chi connectivity index (χ3v) is 8.32. The van der Waals surface area contributed by atoms with E-state index in [1.54, 1.807) is 11.1 Å². The van der Waals surface area contributed by atoms with Gasteiger partial charge in [-0.25, -0.2) is 0 Å². The Morgan fingerprint density at radius 1 is 1.10 bits per heavy atom. The Kier molecular flexibility index (Phi) is 8.51. The molecule has 1 fully saturated rings. The van der Waals surface area contributed by atoms with Crippen molar-refractivity contribution in [3.63, 3.8) is 0 Å². The summed E-state index contributed by atoms with van der Waals surface area (Å²) in [6, 6.07) is 7.41. The van der Waals surface area contributed by atoms with E-state index in [1.165, 1.54) is 69.6 Å². The van der Waals surface area contributed by atoms with Crippen molar-refractivity contribution in [1.82, 2.24) is 0 Å². The second-order valence-electron chi connectivity index (χ2n) is 10.5. The molecule has 3 rings (SSSR count). The van der Waals surface area contributed by atoms with E-state index in [0.29, 0.717) is 0 Å². The molecule has 159 valence electrons. The average Bonchev–Trinajstić information content (AvgIpc) is 3.04. The molecular formula is C28H44B. The minimum Gasteiger partial charge on any atom is -0.103 e. The predicted octanol–water partition coefficient (Wildman–Crippen LogP) is 7.56. The van der Waals surface area contributed by atoms with E-state index in [9.17, 15) is 0 Å². The van der Waals surface area contributed by atoms with Gasteiger partial charge in [-0.3, -0.25) is 0 Å². The highest BCUT2D eigenvalue weighted by Gasteiger charge is 2.37. The largest absolute Gasteiger partial charge is 0.151 e. The summed E-state index contributed by atoms with van der Waals surface area (Å²) in [5.41, 5.74) is 4.78. The normalized spacial score (nSPS) is 28.4. The minimum atomic E-state index is 0.754. The molecule has 0 amide bonds. The second kappa shape index (κ2) is 10.9. The van der Waals surface area contributed by atoms with Gasteiger partial charge in [0.15, 0.2) is 7.28 Å². The zero-order valence-corrected chi connectivity index (χ0v) is 19.6. The third-order valence-electron chi connectivity index (χ3n) is 8.32. The molecule has 0 saturated heterocycles. The molecule has 29 heavy (non-hydrogen) atoms. The molecule has 0 nitrogen and oxygen atoms in total. The first-order valence-corrected chi connectivity index (χ1v) is 12.6. The number of allylic oxidation sites excluding steroid dienone is 1. The van der Waals surface area contributed by atoms with Gasteiger partial charge in [-0.2, -0.15) is 0 Å². The third kappa shape index (κ3) is 5.80. The van der Waals surface area contributed by atoms with E-state index >= 15 is 0 Å². The molecule has 5 atom stereocenters. The second-order valence-corrected chi connectivity index (χ2v) is 10.5. The molecule has 2 aliphatic carbocycles. The number of fused-ring (bicyclic) bond motifs is 1. The molecule has 1 radical (unpaired) electrons. The Labute approximate surface area is 182 Å². The molecule has 0 spiro atoms.